The number of carbonyl (C=O) groups excluding carboxylic acids is 1. The van der Waals surface area contributed by atoms with Crippen molar-refractivity contribution in [2.24, 2.45) is 0 Å². The summed E-state index contributed by atoms with van der Waals surface area (Å²) in [6.07, 6.45) is -4.61. The number of aromatic nitrogens is 3. The number of aryl methyl sites for hydroxylation is 1. The number of alkyl halides is 3. The Morgan fingerprint density at radius 3 is 2.77 bits per heavy atom. The van der Waals surface area contributed by atoms with Crippen LogP contribution in [0.15, 0.2) is 10.5 Å². The van der Waals surface area contributed by atoms with Crippen molar-refractivity contribution in [3.05, 3.63) is 27.6 Å². The Labute approximate surface area is 131 Å². The molecule has 0 atom stereocenters. The molecule has 1 N–H and O–H groups in total. The number of hydrogen-bond donors (Lipinski definition) is 1. The molecule has 0 saturated carbocycles. The molecular formula is C12H12BrF3N4O2. The fourth-order valence-corrected chi connectivity index (χ4v) is 2.33. The van der Waals surface area contributed by atoms with E-state index in [1.807, 2.05) is 0 Å². The van der Waals surface area contributed by atoms with Gasteiger partial charge in [-0.25, -0.2) is 9.50 Å². The minimum Gasteiger partial charge on any atom is -0.383 e. The van der Waals surface area contributed by atoms with Gasteiger partial charge in [0.1, 0.15) is 5.69 Å². The Bertz CT molecular complexity index is 714. The van der Waals surface area contributed by atoms with Crippen LogP contribution in [0.3, 0.4) is 0 Å². The van der Waals surface area contributed by atoms with E-state index in [2.05, 4.69) is 31.3 Å². The molecule has 2 heterocycles. The summed E-state index contributed by atoms with van der Waals surface area (Å²) in [7, 11) is 1.47. The van der Waals surface area contributed by atoms with Crippen LogP contribution in [-0.2, 0) is 10.9 Å². The molecule has 0 aliphatic carbocycles. The predicted molar refractivity (Wildman–Crippen MR) is 74.6 cm³/mol. The van der Waals surface area contributed by atoms with Crippen LogP contribution in [0.2, 0.25) is 0 Å². The molecule has 2 aromatic heterocycles. The van der Waals surface area contributed by atoms with Crippen LogP contribution in [0.4, 0.5) is 13.2 Å². The van der Waals surface area contributed by atoms with Crippen molar-refractivity contribution in [1.82, 2.24) is 19.9 Å². The Hall–Kier alpha value is -1.68. The Morgan fingerprint density at radius 2 is 2.18 bits per heavy atom. The maximum Gasteiger partial charge on any atom is 0.433 e. The van der Waals surface area contributed by atoms with Gasteiger partial charge >= 0.3 is 6.18 Å². The van der Waals surface area contributed by atoms with Crippen LogP contribution in [0.5, 0.6) is 0 Å². The van der Waals surface area contributed by atoms with E-state index >= 15 is 0 Å². The number of hydrogen-bond acceptors (Lipinski definition) is 4. The molecule has 0 unspecified atom stereocenters. The summed E-state index contributed by atoms with van der Waals surface area (Å²) in [5, 5.41) is 6.23. The second kappa shape index (κ2) is 6.21. The second-order valence-electron chi connectivity index (χ2n) is 4.43. The number of methoxy groups -OCH3 is 1. The van der Waals surface area contributed by atoms with Gasteiger partial charge in [0, 0.05) is 19.3 Å². The van der Waals surface area contributed by atoms with Gasteiger partial charge in [0.05, 0.1) is 11.1 Å². The highest BCUT2D eigenvalue weighted by Crippen LogP contribution is 2.32. The summed E-state index contributed by atoms with van der Waals surface area (Å²) < 4.78 is 44.7. The lowest BCUT2D eigenvalue weighted by Gasteiger charge is -2.09. The lowest BCUT2D eigenvalue weighted by Crippen LogP contribution is -2.27. The molecule has 2 rings (SSSR count). The van der Waals surface area contributed by atoms with E-state index in [4.69, 9.17) is 4.74 Å². The van der Waals surface area contributed by atoms with Crippen molar-refractivity contribution < 1.29 is 22.7 Å². The molecule has 0 saturated heterocycles. The molecule has 1 amide bonds. The third kappa shape index (κ3) is 3.22. The molecule has 0 radical (unpaired) electrons. The fourth-order valence-electron chi connectivity index (χ4n) is 1.81. The van der Waals surface area contributed by atoms with Crippen LogP contribution < -0.4 is 5.32 Å². The van der Waals surface area contributed by atoms with Crippen LogP contribution in [0, 0.1) is 6.92 Å². The summed E-state index contributed by atoms with van der Waals surface area (Å²) in [5.74, 6) is -0.611. The van der Waals surface area contributed by atoms with Crippen LogP contribution in [0.1, 0.15) is 21.9 Å². The largest absolute Gasteiger partial charge is 0.433 e. The molecule has 0 aliphatic rings. The van der Waals surface area contributed by atoms with E-state index in [1.165, 1.54) is 14.0 Å². The first-order valence-electron chi connectivity index (χ1n) is 6.16. The standard InChI is InChI=1S/C12H12BrF3N4O2/c1-6-5-7(12(14,15)16)20-10(18-6)8(13)9(19-20)11(21)17-3-4-22-2/h5H,3-4H2,1-2H3,(H,17,21). The first-order valence-corrected chi connectivity index (χ1v) is 6.95. The molecule has 6 nitrogen and oxygen atoms in total. The second-order valence-corrected chi connectivity index (χ2v) is 5.22. The first-order chi connectivity index (χ1) is 10.3. The third-order valence-electron chi connectivity index (χ3n) is 2.76. The molecule has 2 aromatic rings. The predicted octanol–water partition coefficient (Wildman–Crippen LogP) is 2.20. The van der Waals surface area contributed by atoms with Gasteiger partial charge in [0.2, 0.25) is 0 Å². The van der Waals surface area contributed by atoms with Crippen LogP contribution in [0.25, 0.3) is 5.65 Å². The van der Waals surface area contributed by atoms with Crippen molar-refractivity contribution in [3.8, 4) is 0 Å². The molecule has 0 aromatic carbocycles. The zero-order valence-electron chi connectivity index (χ0n) is 11.7. The zero-order valence-corrected chi connectivity index (χ0v) is 13.2. The average molecular weight is 381 g/mol. The van der Waals surface area contributed by atoms with Gasteiger partial charge in [-0.1, -0.05) is 0 Å². The summed E-state index contributed by atoms with van der Waals surface area (Å²) in [6.45, 7) is 1.93. The van der Waals surface area contributed by atoms with Gasteiger partial charge in [-0.05, 0) is 28.9 Å². The van der Waals surface area contributed by atoms with Gasteiger partial charge in [-0.2, -0.15) is 18.3 Å². The van der Waals surface area contributed by atoms with Crippen molar-refractivity contribution in [2.75, 3.05) is 20.3 Å². The van der Waals surface area contributed by atoms with Gasteiger partial charge in [-0.3, -0.25) is 4.79 Å². The summed E-state index contributed by atoms with van der Waals surface area (Å²) in [4.78, 5) is 16.0. The highest BCUT2D eigenvalue weighted by atomic mass is 79.9. The van der Waals surface area contributed by atoms with E-state index in [0.717, 1.165) is 6.07 Å². The van der Waals surface area contributed by atoms with Gasteiger partial charge in [-0.15, -0.1) is 0 Å². The summed E-state index contributed by atoms with van der Waals surface area (Å²) in [5.41, 5.74) is -1.05. The lowest BCUT2D eigenvalue weighted by atomic mass is 10.3. The molecule has 120 valence electrons. The van der Waals surface area contributed by atoms with Crippen molar-refractivity contribution in [3.63, 3.8) is 0 Å². The molecule has 0 aliphatic heterocycles. The van der Waals surface area contributed by atoms with Gasteiger partial charge in [0.25, 0.3) is 5.91 Å². The number of fused-ring (bicyclic) bond motifs is 1. The molecule has 0 spiro atoms. The maximum atomic E-state index is 13.1. The fraction of sp³-hybridized carbons (Fsp3) is 0.417. The molecule has 0 fully saturated rings. The summed E-state index contributed by atoms with van der Waals surface area (Å²) in [6, 6.07) is 0.874. The van der Waals surface area contributed by atoms with E-state index in [9.17, 15) is 18.0 Å². The van der Waals surface area contributed by atoms with Crippen molar-refractivity contribution in [1.29, 1.82) is 0 Å². The number of amides is 1. The number of nitrogens with zero attached hydrogens (tertiary/aromatic N) is 3. The first kappa shape index (κ1) is 16.7. The number of halogens is 4. The van der Waals surface area contributed by atoms with Crippen molar-refractivity contribution in [2.45, 2.75) is 13.1 Å². The quantitative estimate of drug-likeness (QED) is 0.825. The van der Waals surface area contributed by atoms with Gasteiger partial charge < -0.3 is 10.1 Å². The van der Waals surface area contributed by atoms with Gasteiger partial charge in [0.15, 0.2) is 11.3 Å². The van der Waals surface area contributed by atoms with Crippen molar-refractivity contribution >= 4 is 27.5 Å². The Kier molecular flexibility index (Phi) is 4.71. The molecular weight excluding hydrogens is 369 g/mol. The number of carbonyl (C=O) groups is 1. The monoisotopic (exact) mass is 380 g/mol. The van der Waals surface area contributed by atoms with Crippen LogP contribution >= 0.6 is 15.9 Å². The third-order valence-corrected chi connectivity index (χ3v) is 3.49. The topological polar surface area (TPSA) is 68.5 Å². The Morgan fingerprint density at radius 1 is 1.50 bits per heavy atom. The molecule has 22 heavy (non-hydrogen) atoms. The minimum absolute atomic E-state index is 0.0655. The van der Waals surface area contributed by atoms with E-state index in [-0.39, 0.29) is 34.7 Å². The number of rotatable bonds is 4. The zero-order chi connectivity index (χ0) is 16.5. The number of nitrogens with one attached hydrogen (secondary N) is 1. The van der Waals surface area contributed by atoms with E-state index < -0.39 is 17.8 Å². The minimum atomic E-state index is -4.61. The summed E-state index contributed by atoms with van der Waals surface area (Å²) >= 11 is 3.09. The maximum absolute atomic E-state index is 13.1. The lowest BCUT2D eigenvalue weighted by molar-refractivity contribution is -0.142. The average Bonchev–Trinajstić information content (AvgIpc) is 2.75. The molecule has 10 heteroatoms. The normalized spacial score (nSPS) is 11.9. The van der Waals surface area contributed by atoms with E-state index in [0.29, 0.717) is 4.52 Å². The highest BCUT2D eigenvalue weighted by molar-refractivity contribution is 9.10. The number of ether oxygens (including phenoxy) is 1. The smallest absolute Gasteiger partial charge is 0.383 e. The Balaban J connectivity index is 2.51. The molecule has 0 bridgehead atoms. The van der Waals surface area contributed by atoms with E-state index in [1.54, 1.807) is 0 Å². The highest BCUT2D eigenvalue weighted by Gasteiger charge is 2.36. The van der Waals surface area contributed by atoms with Crippen LogP contribution in [-0.4, -0.2) is 40.8 Å². The SMILES string of the molecule is COCCNC(=O)c1nn2c(C(F)(F)F)cc(C)nc2c1Br.